The largest absolute Gasteiger partial charge is 0.311 e. The van der Waals surface area contributed by atoms with E-state index in [1.54, 1.807) is 0 Å². The summed E-state index contributed by atoms with van der Waals surface area (Å²) in [5.41, 5.74) is 14.7. The molecule has 0 heterocycles. The number of benzene rings is 9. The SMILES string of the molecule is C(=Cc1ccc2cc3cc(C=Cc4ccc(N(c5ccccc5)c5ccc(C6CCCCC6)cc5)cc4)ccc3cc2c1)c1ccc(N(c2ccccc2)c2ccc(C3CCCCC3)cc2)cc1. The van der Waals surface area contributed by atoms with Gasteiger partial charge < -0.3 is 9.80 Å². The van der Waals surface area contributed by atoms with Crippen molar-refractivity contribution in [3.63, 3.8) is 0 Å². The van der Waals surface area contributed by atoms with Gasteiger partial charge in [0.05, 0.1) is 0 Å². The highest BCUT2D eigenvalue weighted by Gasteiger charge is 2.19. The van der Waals surface area contributed by atoms with Crippen LogP contribution in [0.4, 0.5) is 34.1 Å². The zero-order valence-corrected chi connectivity index (χ0v) is 39.1. The lowest BCUT2D eigenvalue weighted by Gasteiger charge is -2.27. The topological polar surface area (TPSA) is 6.48 Å². The predicted molar refractivity (Wildman–Crippen MR) is 293 cm³/mol. The van der Waals surface area contributed by atoms with Crippen molar-refractivity contribution in [2.45, 2.75) is 76.0 Å². The van der Waals surface area contributed by atoms with Crippen molar-refractivity contribution in [3.8, 4) is 0 Å². The molecule has 9 aromatic carbocycles. The van der Waals surface area contributed by atoms with Crippen LogP contribution < -0.4 is 9.80 Å². The number of rotatable bonds is 12. The Kier molecular flexibility index (Phi) is 12.8. The van der Waals surface area contributed by atoms with Crippen molar-refractivity contribution in [1.82, 2.24) is 0 Å². The van der Waals surface area contributed by atoms with Crippen molar-refractivity contribution in [3.05, 3.63) is 240 Å². The van der Waals surface area contributed by atoms with Gasteiger partial charge in [0, 0.05) is 34.1 Å². The van der Waals surface area contributed by atoms with E-state index in [4.69, 9.17) is 0 Å². The molecule has 0 amide bonds. The van der Waals surface area contributed by atoms with Crippen LogP contribution in [0.3, 0.4) is 0 Å². The second kappa shape index (κ2) is 20.2. The van der Waals surface area contributed by atoms with Gasteiger partial charge in [-0.25, -0.2) is 0 Å². The Balaban J connectivity index is 0.768. The summed E-state index contributed by atoms with van der Waals surface area (Å²) in [5, 5.41) is 4.98. The van der Waals surface area contributed by atoms with Crippen molar-refractivity contribution in [2.75, 3.05) is 9.80 Å². The second-order valence-electron chi connectivity index (χ2n) is 19.1. The van der Waals surface area contributed by atoms with Gasteiger partial charge in [-0.1, -0.05) is 172 Å². The maximum atomic E-state index is 2.36. The van der Waals surface area contributed by atoms with Crippen molar-refractivity contribution in [1.29, 1.82) is 0 Å². The molecule has 0 radical (unpaired) electrons. The number of para-hydroxylation sites is 2. The van der Waals surface area contributed by atoms with Gasteiger partial charge in [-0.2, -0.15) is 0 Å². The lowest BCUT2D eigenvalue weighted by Crippen LogP contribution is -2.10. The van der Waals surface area contributed by atoms with Crippen LogP contribution in [0.2, 0.25) is 0 Å². The van der Waals surface area contributed by atoms with Crippen molar-refractivity contribution < 1.29 is 0 Å². The molecule has 0 N–H and O–H groups in total. The van der Waals surface area contributed by atoms with Crippen LogP contribution in [-0.2, 0) is 0 Å². The van der Waals surface area contributed by atoms with E-state index in [9.17, 15) is 0 Å². The fraction of sp³-hybridized carbons (Fsp3) is 0.182. The standard InChI is InChI=1S/C66H60N2/c1-5-13-53(14-6-1)55-33-41-65(42-34-55)67(61-17-9-3-10-18-61)63-37-27-49(28-38-63)21-23-51-25-31-57-48-60-46-52(26-32-58(60)47-59(57)45-51)24-22-50-29-39-64(40-30-50)68(62-19-11-4-12-20-62)66-43-35-56(36-44-66)54-15-7-2-8-16-54/h3-4,9-12,17-48,53-54H,1-2,5-8,13-16H2. The highest BCUT2D eigenvalue weighted by atomic mass is 15.1. The minimum atomic E-state index is 0.701. The monoisotopic (exact) mass is 880 g/mol. The molecule has 2 fully saturated rings. The smallest absolute Gasteiger partial charge is 0.0462 e. The van der Waals surface area contributed by atoms with Gasteiger partial charge >= 0.3 is 0 Å². The van der Waals surface area contributed by atoms with Gasteiger partial charge in [-0.05, 0) is 190 Å². The van der Waals surface area contributed by atoms with E-state index in [0.29, 0.717) is 11.8 Å². The molecule has 11 rings (SSSR count). The Labute approximate surface area is 403 Å². The molecule has 2 saturated carbocycles. The zero-order valence-electron chi connectivity index (χ0n) is 39.1. The van der Waals surface area contributed by atoms with Gasteiger partial charge in [0.2, 0.25) is 0 Å². The molecule has 0 aliphatic heterocycles. The Bertz CT molecular complexity index is 2920. The van der Waals surface area contributed by atoms with Gasteiger partial charge in [0.1, 0.15) is 0 Å². The van der Waals surface area contributed by atoms with Crippen molar-refractivity contribution >= 4 is 80.0 Å². The summed E-state index contributed by atoms with van der Waals surface area (Å²) >= 11 is 0. The number of hydrogen-bond donors (Lipinski definition) is 0. The molecule has 2 heteroatoms. The lowest BCUT2D eigenvalue weighted by atomic mass is 9.84. The Morgan fingerprint density at radius 2 is 0.574 bits per heavy atom. The first kappa shape index (κ1) is 43.2. The molecular formula is C66H60N2. The van der Waals surface area contributed by atoms with E-state index in [2.05, 4.69) is 240 Å². The summed E-state index contributed by atoms with van der Waals surface area (Å²) in [6, 6.07) is 76.2. The molecule has 0 atom stereocenters. The third-order valence-electron chi connectivity index (χ3n) is 14.6. The van der Waals surface area contributed by atoms with Crippen LogP contribution >= 0.6 is 0 Å². The predicted octanol–water partition coefficient (Wildman–Crippen LogP) is 19.4. The number of fused-ring (bicyclic) bond motifs is 2. The third-order valence-corrected chi connectivity index (χ3v) is 14.6. The maximum Gasteiger partial charge on any atom is 0.0462 e. The van der Waals surface area contributed by atoms with E-state index in [-0.39, 0.29) is 0 Å². The highest BCUT2D eigenvalue weighted by molar-refractivity contribution is 6.00. The fourth-order valence-corrected chi connectivity index (χ4v) is 10.8. The second-order valence-corrected chi connectivity index (χ2v) is 19.1. The Hall–Kier alpha value is -7.42. The van der Waals surface area contributed by atoms with E-state index in [1.807, 2.05) is 0 Å². The minimum Gasteiger partial charge on any atom is -0.311 e. The van der Waals surface area contributed by atoms with Crippen LogP contribution in [-0.4, -0.2) is 0 Å². The van der Waals surface area contributed by atoms with Crippen LogP contribution in [0.25, 0.3) is 45.8 Å². The van der Waals surface area contributed by atoms with Gasteiger partial charge in [-0.3, -0.25) is 0 Å². The normalized spacial score (nSPS) is 14.8. The van der Waals surface area contributed by atoms with Gasteiger partial charge in [0.25, 0.3) is 0 Å². The summed E-state index contributed by atoms with van der Waals surface area (Å²) in [5.74, 6) is 1.40. The molecule has 0 bridgehead atoms. The first-order valence-corrected chi connectivity index (χ1v) is 25.1. The average Bonchev–Trinajstić information content (AvgIpc) is 3.41. The molecule has 334 valence electrons. The Morgan fingerprint density at radius 1 is 0.265 bits per heavy atom. The van der Waals surface area contributed by atoms with Crippen LogP contribution in [0, 0.1) is 0 Å². The quantitative estimate of drug-likeness (QED) is 0.0891. The minimum absolute atomic E-state index is 0.701. The molecule has 2 nitrogen and oxygen atoms in total. The number of hydrogen-bond acceptors (Lipinski definition) is 2. The molecule has 0 spiro atoms. The first-order chi connectivity index (χ1) is 33.7. The summed E-state index contributed by atoms with van der Waals surface area (Å²) in [6.45, 7) is 0. The molecular weight excluding hydrogens is 821 g/mol. The van der Waals surface area contributed by atoms with Crippen molar-refractivity contribution in [2.24, 2.45) is 0 Å². The lowest BCUT2D eigenvalue weighted by molar-refractivity contribution is 0.443. The van der Waals surface area contributed by atoms with E-state index < -0.39 is 0 Å². The highest BCUT2D eigenvalue weighted by Crippen LogP contribution is 2.40. The maximum absolute atomic E-state index is 2.36. The molecule has 2 aliphatic rings. The summed E-state index contributed by atoms with van der Waals surface area (Å²) in [4.78, 5) is 4.72. The molecule has 0 aromatic heterocycles. The van der Waals surface area contributed by atoms with E-state index >= 15 is 0 Å². The number of anilines is 6. The van der Waals surface area contributed by atoms with Crippen LogP contribution in [0.1, 0.15) is 109 Å². The van der Waals surface area contributed by atoms with Gasteiger partial charge in [-0.15, -0.1) is 0 Å². The molecule has 0 saturated heterocycles. The number of nitrogens with zero attached hydrogens (tertiary/aromatic N) is 2. The van der Waals surface area contributed by atoms with E-state index in [1.165, 1.54) is 131 Å². The van der Waals surface area contributed by atoms with Crippen LogP contribution in [0.5, 0.6) is 0 Å². The summed E-state index contributed by atoms with van der Waals surface area (Å²) in [6.07, 6.45) is 22.3. The van der Waals surface area contributed by atoms with Crippen LogP contribution in [0.15, 0.2) is 206 Å². The molecule has 9 aromatic rings. The molecule has 2 aliphatic carbocycles. The molecule has 68 heavy (non-hydrogen) atoms. The third kappa shape index (κ3) is 9.83. The van der Waals surface area contributed by atoms with Gasteiger partial charge in [0.15, 0.2) is 0 Å². The molecule has 0 unspecified atom stereocenters. The Morgan fingerprint density at radius 3 is 0.941 bits per heavy atom. The van der Waals surface area contributed by atoms with E-state index in [0.717, 1.165) is 22.7 Å². The summed E-state index contributed by atoms with van der Waals surface area (Å²) < 4.78 is 0. The fourth-order valence-electron chi connectivity index (χ4n) is 10.8. The first-order valence-electron chi connectivity index (χ1n) is 25.1. The summed E-state index contributed by atoms with van der Waals surface area (Å²) in [7, 11) is 0. The zero-order chi connectivity index (χ0) is 45.5. The average molecular weight is 881 g/mol.